The van der Waals surface area contributed by atoms with Crippen LogP contribution in [0.1, 0.15) is 34.0 Å². The fourth-order valence-electron chi connectivity index (χ4n) is 3.59. The number of nitrogens with zero attached hydrogens (tertiary/aromatic N) is 1. The van der Waals surface area contributed by atoms with Crippen LogP contribution in [0.5, 0.6) is 0 Å². The second-order valence-electron chi connectivity index (χ2n) is 7.60. The molecule has 170 valence electrons. The first-order chi connectivity index (χ1) is 15.5. The van der Waals surface area contributed by atoms with E-state index in [0.29, 0.717) is 17.5 Å². The van der Waals surface area contributed by atoms with Crippen LogP contribution < -0.4 is 5.32 Å². The van der Waals surface area contributed by atoms with Crippen molar-refractivity contribution in [1.82, 2.24) is 4.98 Å². The Morgan fingerprint density at radius 1 is 1.09 bits per heavy atom. The molecule has 4 rings (SSSR count). The normalized spacial score (nSPS) is 17.5. The second kappa shape index (κ2) is 8.47. The van der Waals surface area contributed by atoms with Gasteiger partial charge in [-0.2, -0.15) is 13.2 Å². The standard InChI is InChI=1S/C23H15ClF4N2O3/c24-13-4-1-11(2-5-13)14-7-16(14)21(31)30-19-9-17(22(32)33)15(8-18(19)25)12-3-6-20(29-10-12)23(26,27)28/h1-6,8-10,14,16H,7H2,(H,30,31)(H,32,33)/t14-,16+/m0/s1. The predicted octanol–water partition coefficient (Wildman–Crippen LogP) is 6.00. The Kier molecular flexibility index (Phi) is 5.84. The van der Waals surface area contributed by atoms with Crippen molar-refractivity contribution >= 4 is 29.2 Å². The van der Waals surface area contributed by atoms with E-state index in [-0.39, 0.29) is 22.7 Å². The molecule has 10 heteroatoms. The summed E-state index contributed by atoms with van der Waals surface area (Å²) in [4.78, 5) is 27.6. The molecule has 1 aromatic heterocycles. The van der Waals surface area contributed by atoms with Gasteiger partial charge in [-0.15, -0.1) is 0 Å². The van der Waals surface area contributed by atoms with Gasteiger partial charge in [-0.1, -0.05) is 29.8 Å². The maximum absolute atomic E-state index is 14.7. The molecule has 5 nitrogen and oxygen atoms in total. The van der Waals surface area contributed by atoms with Crippen LogP contribution in [0.25, 0.3) is 11.1 Å². The largest absolute Gasteiger partial charge is 0.478 e. The van der Waals surface area contributed by atoms with E-state index < -0.39 is 41.0 Å². The molecule has 1 fully saturated rings. The lowest BCUT2D eigenvalue weighted by atomic mass is 9.99. The first-order valence-electron chi connectivity index (χ1n) is 9.71. The third kappa shape index (κ3) is 4.83. The average Bonchev–Trinajstić information content (AvgIpc) is 3.56. The molecular formula is C23H15ClF4N2O3. The SMILES string of the molecule is O=C(O)c1cc(NC(=O)[C@@H]2C[C@H]2c2ccc(Cl)cc2)c(F)cc1-c1ccc(C(F)(F)F)nc1. The Hall–Kier alpha value is -3.46. The number of carbonyl (C=O) groups excluding carboxylic acids is 1. The van der Waals surface area contributed by atoms with Crippen LogP contribution in [-0.4, -0.2) is 22.0 Å². The third-order valence-corrected chi connectivity index (χ3v) is 5.64. The maximum Gasteiger partial charge on any atom is 0.433 e. The number of carboxylic acids is 1. The number of carboxylic acid groups (broad SMARTS) is 1. The van der Waals surface area contributed by atoms with Crippen molar-refractivity contribution in [2.75, 3.05) is 5.32 Å². The van der Waals surface area contributed by atoms with Crippen molar-refractivity contribution in [3.05, 3.63) is 82.4 Å². The molecule has 1 amide bonds. The Morgan fingerprint density at radius 2 is 1.79 bits per heavy atom. The van der Waals surface area contributed by atoms with E-state index >= 15 is 0 Å². The summed E-state index contributed by atoms with van der Waals surface area (Å²) < 4.78 is 52.9. The number of benzene rings is 2. The lowest BCUT2D eigenvalue weighted by Crippen LogP contribution is -2.16. The molecular weight excluding hydrogens is 464 g/mol. The van der Waals surface area contributed by atoms with Gasteiger partial charge >= 0.3 is 12.1 Å². The summed E-state index contributed by atoms with van der Waals surface area (Å²) in [7, 11) is 0. The van der Waals surface area contributed by atoms with Gasteiger partial charge in [0.25, 0.3) is 0 Å². The topological polar surface area (TPSA) is 79.3 Å². The molecule has 2 atom stereocenters. The van der Waals surface area contributed by atoms with E-state index in [9.17, 15) is 32.3 Å². The van der Waals surface area contributed by atoms with Crippen molar-refractivity contribution in [1.29, 1.82) is 0 Å². The predicted molar refractivity (Wildman–Crippen MR) is 113 cm³/mol. The van der Waals surface area contributed by atoms with Gasteiger partial charge in [-0.05, 0) is 48.2 Å². The van der Waals surface area contributed by atoms with Crippen molar-refractivity contribution in [2.45, 2.75) is 18.5 Å². The van der Waals surface area contributed by atoms with Gasteiger partial charge < -0.3 is 10.4 Å². The molecule has 1 saturated carbocycles. The number of aromatic nitrogens is 1. The minimum Gasteiger partial charge on any atom is -0.478 e. The van der Waals surface area contributed by atoms with Gasteiger partial charge in [0.2, 0.25) is 5.91 Å². The number of anilines is 1. The average molecular weight is 479 g/mol. The Labute approximate surface area is 190 Å². The molecule has 0 spiro atoms. The van der Waals surface area contributed by atoms with Crippen LogP contribution in [0.3, 0.4) is 0 Å². The number of halogens is 5. The van der Waals surface area contributed by atoms with Crippen LogP contribution in [0.15, 0.2) is 54.7 Å². The van der Waals surface area contributed by atoms with E-state index in [0.717, 1.165) is 30.0 Å². The summed E-state index contributed by atoms with van der Waals surface area (Å²) in [5, 5.41) is 12.5. The van der Waals surface area contributed by atoms with Gasteiger partial charge in [0.05, 0.1) is 11.3 Å². The number of amides is 1. The van der Waals surface area contributed by atoms with Crippen molar-refractivity contribution < 1.29 is 32.3 Å². The minimum absolute atomic E-state index is 0.0119. The van der Waals surface area contributed by atoms with Crippen LogP contribution in [0.4, 0.5) is 23.2 Å². The first kappa shape index (κ1) is 22.7. The maximum atomic E-state index is 14.7. The highest BCUT2D eigenvalue weighted by molar-refractivity contribution is 6.30. The number of hydrogen-bond donors (Lipinski definition) is 2. The summed E-state index contributed by atoms with van der Waals surface area (Å²) in [6, 6.07) is 10.5. The number of rotatable bonds is 5. The van der Waals surface area contributed by atoms with E-state index in [4.69, 9.17) is 11.6 Å². The van der Waals surface area contributed by atoms with Crippen molar-refractivity contribution in [3.63, 3.8) is 0 Å². The number of hydrogen-bond acceptors (Lipinski definition) is 3. The van der Waals surface area contributed by atoms with Crippen LogP contribution in [0.2, 0.25) is 5.02 Å². The fourth-order valence-corrected chi connectivity index (χ4v) is 3.72. The number of alkyl halides is 3. The zero-order valence-electron chi connectivity index (χ0n) is 16.7. The molecule has 0 radical (unpaired) electrons. The lowest BCUT2D eigenvalue weighted by molar-refractivity contribution is -0.141. The van der Waals surface area contributed by atoms with E-state index in [1.54, 1.807) is 24.3 Å². The summed E-state index contributed by atoms with van der Waals surface area (Å²) in [6.45, 7) is 0. The Bertz CT molecular complexity index is 1230. The number of nitrogens with one attached hydrogen (secondary N) is 1. The fraction of sp³-hybridized carbons (Fsp3) is 0.174. The first-order valence-corrected chi connectivity index (χ1v) is 10.1. The molecule has 1 aliphatic carbocycles. The minimum atomic E-state index is -4.67. The lowest BCUT2D eigenvalue weighted by Gasteiger charge is -2.13. The highest BCUT2D eigenvalue weighted by Gasteiger charge is 2.44. The summed E-state index contributed by atoms with van der Waals surface area (Å²) in [5.41, 5.74) is -1.14. The molecule has 33 heavy (non-hydrogen) atoms. The van der Waals surface area contributed by atoms with Crippen LogP contribution >= 0.6 is 11.6 Å². The summed E-state index contributed by atoms with van der Waals surface area (Å²) >= 11 is 5.86. The van der Waals surface area contributed by atoms with Gasteiger partial charge in [0.15, 0.2) is 0 Å². The number of pyridine rings is 1. The van der Waals surface area contributed by atoms with Gasteiger partial charge in [0.1, 0.15) is 11.5 Å². The number of carbonyl (C=O) groups is 2. The molecule has 0 saturated heterocycles. The Balaban J connectivity index is 1.57. The zero-order valence-corrected chi connectivity index (χ0v) is 17.4. The molecule has 0 aliphatic heterocycles. The zero-order chi connectivity index (χ0) is 23.9. The van der Waals surface area contributed by atoms with Gasteiger partial charge in [0, 0.05) is 28.3 Å². The Morgan fingerprint density at radius 3 is 2.36 bits per heavy atom. The monoisotopic (exact) mass is 478 g/mol. The van der Waals surface area contributed by atoms with Crippen molar-refractivity contribution in [2.24, 2.45) is 5.92 Å². The molecule has 1 heterocycles. The smallest absolute Gasteiger partial charge is 0.433 e. The summed E-state index contributed by atoms with van der Waals surface area (Å²) in [6.07, 6.45) is -3.29. The van der Waals surface area contributed by atoms with Crippen molar-refractivity contribution in [3.8, 4) is 11.1 Å². The summed E-state index contributed by atoms with van der Waals surface area (Å²) in [5.74, 6) is -3.29. The molecule has 0 unspecified atom stereocenters. The molecule has 2 N–H and O–H groups in total. The van der Waals surface area contributed by atoms with Gasteiger partial charge in [-0.3, -0.25) is 9.78 Å². The second-order valence-corrected chi connectivity index (χ2v) is 8.04. The van der Waals surface area contributed by atoms with E-state index in [1.165, 1.54) is 0 Å². The van der Waals surface area contributed by atoms with E-state index in [1.807, 2.05) is 0 Å². The third-order valence-electron chi connectivity index (χ3n) is 5.39. The molecule has 3 aromatic rings. The highest BCUT2D eigenvalue weighted by atomic mass is 35.5. The molecule has 0 bridgehead atoms. The van der Waals surface area contributed by atoms with Crippen LogP contribution in [0, 0.1) is 11.7 Å². The highest BCUT2D eigenvalue weighted by Crippen LogP contribution is 2.48. The van der Waals surface area contributed by atoms with Gasteiger partial charge in [-0.25, -0.2) is 9.18 Å². The molecule has 2 aromatic carbocycles. The number of aromatic carboxylic acids is 1. The van der Waals surface area contributed by atoms with E-state index in [2.05, 4.69) is 10.3 Å². The molecule has 1 aliphatic rings. The van der Waals surface area contributed by atoms with Crippen LogP contribution in [-0.2, 0) is 11.0 Å². The quantitative estimate of drug-likeness (QED) is 0.441.